The van der Waals surface area contributed by atoms with Crippen molar-refractivity contribution in [2.75, 3.05) is 0 Å². The Bertz CT molecular complexity index is 444. The number of phenolic OH excluding ortho intramolecular Hbond substituents is 1. The first-order valence-corrected chi connectivity index (χ1v) is 7.28. The van der Waals surface area contributed by atoms with Gasteiger partial charge in [-0.3, -0.25) is 4.79 Å². The van der Waals surface area contributed by atoms with Crippen LogP contribution in [0.2, 0.25) is 0 Å². The molecular formula is C16H23NO3. The van der Waals surface area contributed by atoms with Crippen LogP contribution in [0.25, 0.3) is 0 Å². The Labute approximate surface area is 119 Å². The first kappa shape index (κ1) is 14.9. The van der Waals surface area contributed by atoms with Gasteiger partial charge in [-0.15, -0.1) is 0 Å². The molecule has 0 heterocycles. The molecule has 0 bridgehead atoms. The normalized spacial score (nSPS) is 24.1. The van der Waals surface area contributed by atoms with Crippen LogP contribution in [0.5, 0.6) is 5.75 Å². The molecule has 1 aliphatic carbocycles. The quantitative estimate of drug-likeness (QED) is 0.829. The summed E-state index contributed by atoms with van der Waals surface area (Å²) in [5.74, 6) is 0.508. The number of aromatic hydroxyl groups is 1. The van der Waals surface area contributed by atoms with Crippen molar-refractivity contribution in [1.29, 1.82) is 0 Å². The van der Waals surface area contributed by atoms with Crippen LogP contribution in [-0.4, -0.2) is 23.2 Å². The Morgan fingerprint density at radius 1 is 1.40 bits per heavy atom. The van der Waals surface area contributed by atoms with Gasteiger partial charge in [0.15, 0.2) is 0 Å². The summed E-state index contributed by atoms with van der Waals surface area (Å²) < 4.78 is 5.51. The molecule has 3 atom stereocenters. The number of ether oxygens (including phenoxy) is 1. The molecule has 0 radical (unpaired) electrons. The van der Waals surface area contributed by atoms with Crippen LogP contribution < -0.4 is 5.73 Å². The summed E-state index contributed by atoms with van der Waals surface area (Å²) in [5.41, 5.74) is 6.82. The lowest BCUT2D eigenvalue weighted by atomic mass is 9.88. The minimum absolute atomic E-state index is 0.0251. The lowest BCUT2D eigenvalue weighted by Crippen LogP contribution is -2.37. The molecule has 0 aliphatic heterocycles. The highest BCUT2D eigenvalue weighted by Gasteiger charge is 2.24. The molecule has 1 aromatic carbocycles. The standard InChI is InChI=1S/C16H23NO3/c1-11-3-2-4-14(9-11)20-16(19)15(17)10-12-5-7-13(18)8-6-12/h5-8,11,14-15,18H,2-4,9-10,17H2,1H3/t11?,14?,15-/m1/s1. The van der Waals surface area contributed by atoms with Gasteiger partial charge in [0.25, 0.3) is 0 Å². The van der Waals surface area contributed by atoms with E-state index >= 15 is 0 Å². The number of rotatable bonds is 4. The van der Waals surface area contributed by atoms with E-state index in [1.165, 1.54) is 6.42 Å². The topological polar surface area (TPSA) is 72.5 Å². The molecule has 2 unspecified atom stereocenters. The van der Waals surface area contributed by atoms with E-state index < -0.39 is 6.04 Å². The van der Waals surface area contributed by atoms with Crippen molar-refractivity contribution in [2.45, 2.75) is 51.2 Å². The Morgan fingerprint density at radius 2 is 2.10 bits per heavy atom. The zero-order valence-corrected chi connectivity index (χ0v) is 11.9. The van der Waals surface area contributed by atoms with E-state index in [-0.39, 0.29) is 17.8 Å². The molecule has 20 heavy (non-hydrogen) atoms. The minimum atomic E-state index is -0.642. The molecule has 4 heteroatoms. The third-order valence-corrected chi connectivity index (χ3v) is 3.87. The maximum Gasteiger partial charge on any atom is 0.323 e. The van der Waals surface area contributed by atoms with Crippen molar-refractivity contribution in [3.8, 4) is 5.75 Å². The SMILES string of the molecule is CC1CCCC(OC(=O)[C@H](N)Cc2ccc(O)cc2)C1. The Hall–Kier alpha value is -1.55. The first-order chi connectivity index (χ1) is 9.54. The van der Waals surface area contributed by atoms with Crippen molar-refractivity contribution in [3.63, 3.8) is 0 Å². The van der Waals surface area contributed by atoms with Crippen molar-refractivity contribution in [1.82, 2.24) is 0 Å². The molecule has 1 aromatic rings. The fraction of sp³-hybridized carbons (Fsp3) is 0.562. The molecule has 1 aliphatic rings. The van der Waals surface area contributed by atoms with Gasteiger partial charge in [0.2, 0.25) is 0 Å². The second kappa shape index (κ2) is 6.75. The fourth-order valence-electron chi connectivity index (χ4n) is 2.71. The average molecular weight is 277 g/mol. The van der Waals surface area contributed by atoms with Gasteiger partial charge in [0.1, 0.15) is 17.9 Å². The largest absolute Gasteiger partial charge is 0.508 e. The van der Waals surface area contributed by atoms with E-state index in [0.717, 1.165) is 24.8 Å². The molecule has 110 valence electrons. The second-order valence-corrected chi connectivity index (χ2v) is 5.81. The van der Waals surface area contributed by atoms with Crippen LogP contribution in [0.3, 0.4) is 0 Å². The molecular weight excluding hydrogens is 254 g/mol. The van der Waals surface area contributed by atoms with Crippen molar-refractivity contribution < 1.29 is 14.6 Å². The van der Waals surface area contributed by atoms with Crippen LogP contribution >= 0.6 is 0 Å². The Morgan fingerprint density at radius 3 is 2.75 bits per heavy atom. The monoisotopic (exact) mass is 277 g/mol. The van der Waals surface area contributed by atoms with E-state index in [0.29, 0.717) is 12.3 Å². The Balaban J connectivity index is 1.83. The highest BCUT2D eigenvalue weighted by molar-refractivity contribution is 5.76. The van der Waals surface area contributed by atoms with Gasteiger partial charge in [-0.2, -0.15) is 0 Å². The molecule has 0 saturated heterocycles. The van der Waals surface area contributed by atoms with E-state index in [1.807, 2.05) is 0 Å². The van der Waals surface area contributed by atoms with Crippen molar-refractivity contribution >= 4 is 5.97 Å². The van der Waals surface area contributed by atoms with E-state index in [4.69, 9.17) is 10.5 Å². The number of carbonyl (C=O) groups excluding carboxylic acids is 1. The number of hydrogen-bond acceptors (Lipinski definition) is 4. The molecule has 3 N–H and O–H groups in total. The summed E-state index contributed by atoms with van der Waals surface area (Å²) in [6.07, 6.45) is 4.68. The van der Waals surface area contributed by atoms with Gasteiger partial charge < -0.3 is 15.6 Å². The first-order valence-electron chi connectivity index (χ1n) is 7.28. The van der Waals surface area contributed by atoms with Crippen LogP contribution in [0.4, 0.5) is 0 Å². The summed E-state index contributed by atoms with van der Waals surface area (Å²) in [5, 5.41) is 9.22. The fourth-order valence-corrected chi connectivity index (χ4v) is 2.71. The summed E-state index contributed by atoms with van der Waals surface area (Å²) in [7, 11) is 0. The van der Waals surface area contributed by atoms with Crippen LogP contribution in [0.1, 0.15) is 38.2 Å². The number of hydrogen-bond donors (Lipinski definition) is 2. The maximum absolute atomic E-state index is 12.0. The zero-order chi connectivity index (χ0) is 14.5. The molecule has 0 amide bonds. The van der Waals surface area contributed by atoms with Gasteiger partial charge in [-0.25, -0.2) is 0 Å². The van der Waals surface area contributed by atoms with Gasteiger partial charge in [-0.05, 0) is 49.3 Å². The van der Waals surface area contributed by atoms with E-state index in [9.17, 15) is 9.90 Å². The number of esters is 1. The molecule has 0 spiro atoms. The van der Waals surface area contributed by atoms with Gasteiger partial charge in [0, 0.05) is 0 Å². The maximum atomic E-state index is 12.0. The highest BCUT2D eigenvalue weighted by atomic mass is 16.5. The van der Waals surface area contributed by atoms with E-state index in [1.54, 1.807) is 24.3 Å². The van der Waals surface area contributed by atoms with Gasteiger partial charge in [-0.1, -0.05) is 25.5 Å². The van der Waals surface area contributed by atoms with Crippen LogP contribution in [0.15, 0.2) is 24.3 Å². The third-order valence-electron chi connectivity index (χ3n) is 3.87. The third kappa shape index (κ3) is 4.23. The predicted molar refractivity (Wildman–Crippen MR) is 77.3 cm³/mol. The minimum Gasteiger partial charge on any atom is -0.508 e. The second-order valence-electron chi connectivity index (χ2n) is 5.81. The Kier molecular flexibility index (Phi) is 5.01. The lowest BCUT2D eigenvalue weighted by Gasteiger charge is -2.27. The number of benzene rings is 1. The smallest absolute Gasteiger partial charge is 0.323 e. The summed E-state index contributed by atoms with van der Waals surface area (Å²) in [6.45, 7) is 2.19. The molecule has 4 nitrogen and oxygen atoms in total. The van der Waals surface area contributed by atoms with Gasteiger partial charge in [0.05, 0.1) is 0 Å². The summed E-state index contributed by atoms with van der Waals surface area (Å²) in [4.78, 5) is 12.0. The van der Waals surface area contributed by atoms with Crippen LogP contribution in [-0.2, 0) is 16.0 Å². The van der Waals surface area contributed by atoms with Crippen molar-refractivity contribution in [2.24, 2.45) is 11.7 Å². The lowest BCUT2D eigenvalue weighted by molar-refractivity contribution is -0.152. The summed E-state index contributed by atoms with van der Waals surface area (Å²) >= 11 is 0. The highest BCUT2D eigenvalue weighted by Crippen LogP contribution is 2.26. The number of carbonyl (C=O) groups is 1. The van der Waals surface area contributed by atoms with Gasteiger partial charge >= 0.3 is 5.97 Å². The molecule has 2 rings (SSSR count). The zero-order valence-electron chi connectivity index (χ0n) is 11.9. The molecule has 0 aromatic heterocycles. The average Bonchev–Trinajstić information content (AvgIpc) is 2.41. The molecule has 1 saturated carbocycles. The number of phenols is 1. The number of nitrogens with two attached hydrogens (primary N) is 1. The summed E-state index contributed by atoms with van der Waals surface area (Å²) in [6, 6.07) is 6.08. The predicted octanol–water partition coefficient (Wildman–Crippen LogP) is 2.38. The van der Waals surface area contributed by atoms with E-state index in [2.05, 4.69) is 6.92 Å². The van der Waals surface area contributed by atoms with Crippen LogP contribution in [0, 0.1) is 5.92 Å². The van der Waals surface area contributed by atoms with Crippen molar-refractivity contribution in [3.05, 3.63) is 29.8 Å². The molecule has 1 fully saturated rings.